The SMILES string of the molecule is OCC1CCN(Cc2ccccc2F)C1. The minimum absolute atomic E-state index is 0.134. The topological polar surface area (TPSA) is 23.5 Å². The first-order valence-corrected chi connectivity index (χ1v) is 5.36. The molecule has 1 saturated heterocycles. The lowest BCUT2D eigenvalue weighted by Gasteiger charge is -2.15. The zero-order chi connectivity index (χ0) is 10.7. The average Bonchev–Trinajstić information content (AvgIpc) is 2.69. The third-order valence-electron chi connectivity index (χ3n) is 2.98. The van der Waals surface area contributed by atoms with Crippen LogP contribution in [0.25, 0.3) is 0 Å². The minimum Gasteiger partial charge on any atom is -0.396 e. The second-order valence-corrected chi connectivity index (χ2v) is 4.16. The fourth-order valence-electron chi connectivity index (χ4n) is 2.07. The van der Waals surface area contributed by atoms with E-state index in [1.165, 1.54) is 6.07 Å². The van der Waals surface area contributed by atoms with E-state index in [-0.39, 0.29) is 12.4 Å². The smallest absolute Gasteiger partial charge is 0.127 e. The van der Waals surface area contributed by atoms with Crippen LogP contribution in [0.4, 0.5) is 4.39 Å². The summed E-state index contributed by atoms with van der Waals surface area (Å²) in [5, 5.41) is 9.00. The highest BCUT2D eigenvalue weighted by molar-refractivity contribution is 5.17. The van der Waals surface area contributed by atoms with Gasteiger partial charge in [0.25, 0.3) is 0 Å². The monoisotopic (exact) mass is 209 g/mol. The number of hydrogen-bond donors (Lipinski definition) is 1. The molecule has 1 atom stereocenters. The Balaban J connectivity index is 1.96. The van der Waals surface area contributed by atoms with Gasteiger partial charge in [-0.05, 0) is 24.9 Å². The highest BCUT2D eigenvalue weighted by atomic mass is 19.1. The summed E-state index contributed by atoms with van der Waals surface area (Å²) in [6.45, 7) is 2.74. The fourth-order valence-corrected chi connectivity index (χ4v) is 2.07. The predicted octanol–water partition coefficient (Wildman–Crippen LogP) is 1.64. The molecule has 1 unspecified atom stereocenters. The van der Waals surface area contributed by atoms with Crippen LogP contribution >= 0.6 is 0 Å². The van der Waals surface area contributed by atoms with Gasteiger partial charge < -0.3 is 5.11 Å². The van der Waals surface area contributed by atoms with Gasteiger partial charge in [-0.1, -0.05) is 18.2 Å². The van der Waals surface area contributed by atoms with Crippen molar-refractivity contribution < 1.29 is 9.50 Å². The van der Waals surface area contributed by atoms with Gasteiger partial charge in [-0.3, -0.25) is 4.90 Å². The van der Waals surface area contributed by atoms with Gasteiger partial charge in [0.1, 0.15) is 5.82 Å². The molecule has 0 aliphatic carbocycles. The van der Waals surface area contributed by atoms with Crippen molar-refractivity contribution in [3.63, 3.8) is 0 Å². The van der Waals surface area contributed by atoms with Crippen LogP contribution in [0.3, 0.4) is 0 Å². The summed E-state index contributed by atoms with van der Waals surface area (Å²) in [5.41, 5.74) is 0.746. The molecule has 15 heavy (non-hydrogen) atoms. The molecule has 0 spiro atoms. The number of halogens is 1. The number of nitrogens with zero attached hydrogens (tertiary/aromatic N) is 1. The van der Waals surface area contributed by atoms with Crippen molar-refractivity contribution in [1.29, 1.82) is 0 Å². The molecule has 0 saturated carbocycles. The molecule has 1 fully saturated rings. The van der Waals surface area contributed by atoms with Crippen LogP contribution in [0.5, 0.6) is 0 Å². The van der Waals surface area contributed by atoms with Gasteiger partial charge in [0.2, 0.25) is 0 Å². The highest BCUT2D eigenvalue weighted by Gasteiger charge is 2.22. The molecular weight excluding hydrogens is 193 g/mol. The Morgan fingerprint density at radius 3 is 2.87 bits per heavy atom. The molecule has 2 rings (SSSR count). The maximum absolute atomic E-state index is 13.3. The Morgan fingerprint density at radius 1 is 1.40 bits per heavy atom. The largest absolute Gasteiger partial charge is 0.396 e. The number of benzene rings is 1. The van der Waals surface area contributed by atoms with E-state index in [0.29, 0.717) is 12.5 Å². The van der Waals surface area contributed by atoms with E-state index >= 15 is 0 Å². The summed E-state index contributed by atoms with van der Waals surface area (Å²) in [5.74, 6) is 0.238. The van der Waals surface area contributed by atoms with E-state index in [0.717, 1.165) is 25.1 Å². The van der Waals surface area contributed by atoms with Crippen LogP contribution in [-0.2, 0) is 6.54 Å². The van der Waals surface area contributed by atoms with Crippen molar-refractivity contribution >= 4 is 0 Å². The van der Waals surface area contributed by atoms with Crippen molar-refractivity contribution in [1.82, 2.24) is 4.90 Å². The molecule has 1 aromatic carbocycles. The Hall–Kier alpha value is -0.930. The van der Waals surface area contributed by atoms with Crippen LogP contribution in [0.2, 0.25) is 0 Å². The molecule has 0 aromatic heterocycles. The first-order chi connectivity index (χ1) is 7.29. The van der Waals surface area contributed by atoms with E-state index in [1.54, 1.807) is 6.07 Å². The van der Waals surface area contributed by atoms with Gasteiger partial charge in [0.15, 0.2) is 0 Å². The Labute approximate surface area is 89.3 Å². The maximum Gasteiger partial charge on any atom is 0.127 e. The first kappa shape index (κ1) is 10.6. The van der Waals surface area contributed by atoms with Crippen LogP contribution < -0.4 is 0 Å². The Bertz CT molecular complexity index is 329. The minimum atomic E-state index is -0.134. The third-order valence-corrected chi connectivity index (χ3v) is 2.98. The van der Waals surface area contributed by atoms with Crippen LogP contribution in [-0.4, -0.2) is 29.7 Å². The van der Waals surface area contributed by atoms with Crippen LogP contribution in [0.15, 0.2) is 24.3 Å². The first-order valence-electron chi connectivity index (χ1n) is 5.36. The van der Waals surface area contributed by atoms with E-state index in [4.69, 9.17) is 5.11 Å². The molecule has 82 valence electrons. The third kappa shape index (κ3) is 2.55. The standard InChI is InChI=1S/C12H16FNO/c13-12-4-2-1-3-11(12)8-14-6-5-10(7-14)9-15/h1-4,10,15H,5-9H2. The van der Waals surface area contributed by atoms with Gasteiger partial charge in [0.05, 0.1) is 0 Å². The Kier molecular flexibility index (Phi) is 3.34. The lowest BCUT2D eigenvalue weighted by molar-refractivity contribution is 0.219. The van der Waals surface area contributed by atoms with Crippen molar-refractivity contribution in [3.8, 4) is 0 Å². The van der Waals surface area contributed by atoms with Gasteiger partial charge in [-0.15, -0.1) is 0 Å². The Morgan fingerprint density at radius 2 is 2.20 bits per heavy atom. The number of rotatable bonds is 3. The molecule has 0 bridgehead atoms. The zero-order valence-electron chi connectivity index (χ0n) is 8.69. The van der Waals surface area contributed by atoms with Gasteiger partial charge >= 0.3 is 0 Å². The summed E-state index contributed by atoms with van der Waals surface area (Å²) < 4.78 is 13.3. The van der Waals surface area contributed by atoms with E-state index < -0.39 is 0 Å². The maximum atomic E-state index is 13.3. The number of hydrogen-bond acceptors (Lipinski definition) is 2. The molecule has 1 aliphatic rings. The van der Waals surface area contributed by atoms with E-state index in [2.05, 4.69) is 4.90 Å². The highest BCUT2D eigenvalue weighted by Crippen LogP contribution is 2.19. The van der Waals surface area contributed by atoms with Crippen molar-refractivity contribution in [2.24, 2.45) is 5.92 Å². The average molecular weight is 209 g/mol. The van der Waals surface area contributed by atoms with Crippen LogP contribution in [0.1, 0.15) is 12.0 Å². The quantitative estimate of drug-likeness (QED) is 0.818. The summed E-state index contributed by atoms with van der Waals surface area (Å²) in [6, 6.07) is 6.88. The molecule has 0 radical (unpaired) electrons. The number of aliphatic hydroxyl groups excluding tert-OH is 1. The predicted molar refractivity (Wildman–Crippen MR) is 56.9 cm³/mol. The molecule has 2 nitrogen and oxygen atoms in total. The molecule has 1 aromatic rings. The summed E-state index contributed by atoms with van der Waals surface area (Å²) in [7, 11) is 0. The van der Waals surface area contributed by atoms with Crippen LogP contribution in [0, 0.1) is 11.7 Å². The summed E-state index contributed by atoms with van der Waals surface area (Å²) >= 11 is 0. The van der Waals surface area contributed by atoms with Gasteiger partial charge in [0, 0.05) is 25.3 Å². The lowest BCUT2D eigenvalue weighted by Crippen LogP contribution is -2.21. The molecule has 1 heterocycles. The molecule has 0 amide bonds. The number of aliphatic hydroxyl groups is 1. The molecule has 1 aliphatic heterocycles. The number of likely N-dealkylation sites (tertiary alicyclic amines) is 1. The molecule has 3 heteroatoms. The van der Waals surface area contributed by atoms with Crippen molar-refractivity contribution in [3.05, 3.63) is 35.6 Å². The summed E-state index contributed by atoms with van der Waals surface area (Å²) in [4.78, 5) is 2.19. The normalized spacial score (nSPS) is 22.1. The van der Waals surface area contributed by atoms with Gasteiger partial charge in [-0.25, -0.2) is 4.39 Å². The van der Waals surface area contributed by atoms with Gasteiger partial charge in [-0.2, -0.15) is 0 Å². The van der Waals surface area contributed by atoms with E-state index in [1.807, 2.05) is 12.1 Å². The lowest BCUT2D eigenvalue weighted by atomic mass is 10.1. The van der Waals surface area contributed by atoms with Crippen molar-refractivity contribution in [2.75, 3.05) is 19.7 Å². The molecular formula is C12H16FNO. The van der Waals surface area contributed by atoms with Crippen molar-refractivity contribution in [2.45, 2.75) is 13.0 Å². The van der Waals surface area contributed by atoms with E-state index in [9.17, 15) is 4.39 Å². The zero-order valence-corrected chi connectivity index (χ0v) is 8.69. The second-order valence-electron chi connectivity index (χ2n) is 4.16. The second kappa shape index (κ2) is 4.73. The fraction of sp³-hybridized carbons (Fsp3) is 0.500. The molecule has 1 N–H and O–H groups in total. The summed E-state index contributed by atoms with van der Waals surface area (Å²) in [6.07, 6.45) is 1.02.